The lowest BCUT2D eigenvalue weighted by molar-refractivity contribution is -0.125. The van der Waals surface area contributed by atoms with E-state index in [2.05, 4.69) is 10.0 Å². The number of nitrogens with one attached hydrogen (secondary N) is 2. The van der Waals surface area contributed by atoms with E-state index in [1.165, 1.54) is 0 Å². The van der Waals surface area contributed by atoms with Gasteiger partial charge < -0.3 is 11.1 Å². The maximum Gasteiger partial charge on any atom is 0.239 e. The van der Waals surface area contributed by atoms with Crippen molar-refractivity contribution in [3.63, 3.8) is 0 Å². The molecule has 7 heteroatoms. The van der Waals surface area contributed by atoms with E-state index in [0.717, 1.165) is 5.56 Å². The molecule has 0 radical (unpaired) electrons. The maximum absolute atomic E-state index is 11.7. The molecule has 0 fully saturated rings. The summed E-state index contributed by atoms with van der Waals surface area (Å²) in [5.41, 5.74) is 5.45. The molecule has 0 aliphatic heterocycles. The summed E-state index contributed by atoms with van der Waals surface area (Å²) in [5, 5.41) is 2.49. The lowest BCUT2D eigenvalue weighted by Crippen LogP contribution is -2.50. The summed E-state index contributed by atoms with van der Waals surface area (Å²) in [7, 11) is -3.43. The monoisotopic (exact) mass is 299 g/mol. The highest BCUT2D eigenvalue weighted by atomic mass is 32.2. The fourth-order valence-electron chi connectivity index (χ4n) is 1.39. The minimum absolute atomic E-state index is 0.0313. The topological polar surface area (TPSA) is 101 Å². The van der Waals surface area contributed by atoms with E-state index in [9.17, 15) is 13.2 Å². The number of amides is 1. The summed E-state index contributed by atoms with van der Waals surface area (Å²) in [6.07, 6.45) is 0. The molecule has 1 amide bonds. The van der Waals surface area contributed by atoms with Crippen LogP contribution in [-0.2, 0) is 21.4 Å². The molecule has 0 unspecified atom stereocenters. The van der Waals surface area contributed by atoms with Crippen LogP contribution >= 0.6 is 0 Å². The molecule has 0 bridgehead atoms. The van der Waals surface area contributed by atoms with Crippen molar-refractivity contribution >= 4 is 15.9 Å². The van der Waals surface area contributed by atoms with Crippen LogP contribution in [0.15, 0.2) is 30.3 Å². The Hall–Kier alpha value is -1.44. The summed E-state index contributed by atoms with van der Waals surface area (Å²) in [6.45, 7) is 3.39. The van der Waals surface area contributed by atoms with Crippen molar-refractivity contribution in [3.05, 3.63) is 35.9 Å². The van der Waals surface area contributed by atoms with Crippen molar-refractivity contribution in [2.45, 2.75) is 25.9 Å². The lowest BCUT2D eigenvalue weighted by Gasteiger charge is -2.17. The van der Waals surface area contributed by atoms with Gasteiger partial charge in [-0.3, -0.25) is 4.79 Å². The van der Waals surface area contributed by atoms with Gasteiger partial charge in [0.15, 0.2) is 0 Å². The van der Waals surface area contributed by atoms with Gasteiger partial charge in [-0.05, 0) is 19.4 Å². The average molecular weight is 299 g/mol. The molecule has 1 aromatic carbocycles. The molecule has 112 valence electrons. The SMILES string of the molecule is CC(C)(N)C(=O)NCCS(=O)(=O)NCc1ccccc1. The van der Waals surface area contributed by atoms with Crippen LogP contribution in [0.2, 0.25) is 0 Å². The first-order chi connectivity index (χ1) is 9.21. The Balaban J connectivity index is 2.37. The van der Waals surface area contributed by atoms with E-state index in [1.54, 1.807) is 13.8 Å². The number of rotatable bonds is 7. The summed E-state index contributed by atoms with van der Waals surface area (Å²) in [5.74, 6) is -0.558. The van der Waals surface area contributed by atoms with Crippen molar-refractivity contribution < 1.29 is 13.2 Å². The molecule has 0 saturated heterocycles. The van der Waals surface area contributed by atoms with Crippen LogP contribution < -0.4 is 15.8 Å². The van der Waals surface area contributed by atoms with E-state index in [-0.39, 0.29) is 24.7 Å². The van der Waals surface area contributed by atoms with E-state index < -0.39 is 15.6 Å². The predicted octanol–water partition coefficient (Wildman–Crippen LogP) is -0.0405. The highest BCUT2D eigenvalue weighted by molar-refractivity contribution is 7.89. The second-order valence-corrected chi connectivity index (χ2v) is 7.03. The van der Waals surface area contributed by atoms with Gasteiger partial charge in [0.25, 0.3) is 0 Å². The van der Waals surface area contributed by atoms with Gasteiger partial charge in [0, 0.05) is 13.1 Å². The van der Waals surface area contributed by atoms with E-state index in [1.807, 2.05) is 30.3 Å². The number of sulfonamides is 1. The van der Waals surface area contributed by atoms with Gasteiger partial charge in [0.2, 0.25) is 15.9 Å². The van der Waals surface area contributed by atoms with Crippen molar-refractivity contribution in [2.75, 3.05) is 12.3 Å². The molecule has 0 aliphatic carbocycles. The number of nitrogens with two attached hydrogens (primary N) is 1. The minimum atomic E-state index is -3.43. The first-order valence-electron chi connectivity index (χ1n) is 6.29. The molecule has 6 nitrogen and oxygen atoms in total. The number of carbonyl (C=O) groups is 1. The summed E-state index contributed by atoms with van der Waals surface area (Å²) in [4.78, 5) is 11.5. The highest BCUT2D eigenvalue weighted by Crippen LogP contribution is 1.99. The van der Waals surface area contributed by atoms with Crippen LogP contribution in [0.1, 0.15) is 19.4 Å². The molecule has 20 heavy (non-hydrogen) atoms. The van der Waals surface area contributed by atoms with Gasteiger partial charge in [-0.25, -0.2) is 13.1 Å². The van der Waals surface area contributed by atoms with Crippen molar-refractivity contribution in [1.29, 1.82) is 0 Å². The van der Waals surface area contributed by atoms with Crippen LogP contribution in [0.3, 0.4) is 0 Å². The zero-order valence-corrected chi connectivity index (χ0v) is 12.5. The fraction of sp³-hybridized carbons (Fsp3) is 0.462. The number of benzene rings is 1. The van der Waals surface area contributed by atoms with Crippen LogP contribution in [0.25, 0.3) is 0 Å². The Morgan fingerprint density at radius 3 is 2.40 bits per heavy atom. The maximum atomic E-state index is 11.7. The van der Waals surface area contributed by atoms with Gasteiger partial charge in [0.1, 0.15) is 0 Å². The van der Waals surface area contributed by atoms with Gasteiger partial charge >= 0.3 is 0 Å². The fourth-order valence-corrected chi connectivity index (χ4v) is 2.29. The van der Waals surface area contributed by atoms with Gasteiger partial charge in [-0.1, -0.05) is 30.3 Å². The largest absolute Gasteiger partial charge is 0.353 e. The number of hydrogen-bond acceptors (Lipinski definition) is 4. The van der Waals surface area contributed by atoms with E-state index in [4.69, 9.17) is 5.73 Å². The zero-order chi connectivity index (χ0) is 15.2. The second kappa shape index (κ2) is 6.83. The van der Waals surface area contributed by atoms with E-state index >= 15 is 0 Å². The molecule has 1 rings (SSSR count). The molecule has 4 N–H and O–H groups in total. The summed E-state index contributed by atoms with van der Waals surface area (Å²) < 4.78 is 26.0. The average Bonchev–Trinajstić information content (AvgIpc) is 2.36. The summed E-state index contributed by atoms with van der Waals surface area (Å²) >= 11 is 0. The first kappa shape index (κ1) is 16.6. The van der Waals surface area contributed by atoms with Gasteiger partial charge in [-0.2, -0.15) is 0 Å². The third kappa shape index (κ3) is 6.14. The molecule has 0 saturated carbocycles. The number of carbonyl (C=O) groups excluding carboxylic acids is 1. The Morgan fingerprint density at radius 2 is 1.85 bits per heavy atom. The molecule has 0 spiro atoms. The summed E-state index contributed by atoms with van der Waals surface area (Å²) in [6, 6.07) is 9.21. The quantitative estimate of drug-likeness (QED) is 0.657. The molecule has 0 atom stereocenters. The molecule has 0 aromatic heterocycles. The Bertz CT molecular complexity index is 536. The molecular weight excluding hydrogens is 278 g/mol. The standard InChI is InChI=1S/C13H21N3O3S/c1-13(2,14)12(17)15-8-9-20(18,19)16-10-11-6-4-3-5-7-11/h3-7,16H,8-10,14H2,1-2H3,(H,15,17). The minimum Gasteiger partial charge on any atom is -0.353 e. The lowest BCUT2D eigenvalue weighted by atomic mass is 10.1. The Morgan fingerprint density at radius 1 is 1.25 bits per heavy atom. The van der Waals surface area contributed by atoms with Gasteiger partial charge in [0.05, 0.1) is 11.3 Å². The van der Waals surface area contributed by atoms with Crippen LogP contribution in [0, 0.1) is 0 Å². The van der Waals surface area contributed by atoms with Crippen molar-refractivity contribution in [2.24, 2.45) is 5.73 Å². The van der Waals surface area contributed by atoms with Crippen molar-refractivity contribution in [3.8, 4) is 0 Å². The molecule has 0 aliphatic rings. The van der Waals surface area contributed by atoms with Crippen LogP contribution in [-0.4, -0.2) is 32.2 Å². The van der Waals surface area contributed by atoms with Crippen molar-refractivity contribution in [1.82, 2.24) is 10.0 Å². The Kier molecular flexibility index (Phi) is 5.67. The number of hydrogen-bond donors (Lipinski definition) is 3. The zero-order valence-electron chi connectivity index (χ0n) is 11.7. The van der Waals surface area contributed by atoms with Crippen LogP contribution in [0.5, 0.6) is 0 Å². The van der Waals surface area contributed by atoms with Crippen LogP contribution in [0.4, 0.5) is 0 Å². The van der Waals surface area contributed by atoms with E-state index in [0.29, 0.717) is 0 Å². The highest BCUT2D eigenvalue weighted by Gasteiger charge is 2.21. The molecule has 0 heterocycles. The first-order valence-corrected chi connectivity index (χ1v) is 7.94. The predicted molar refractivity (Wildman–Crippen MR) is 78.3 cm³/mol. The smallest absolute Gasteiger partial charge is 0.239 e. The third-order valence-corrected chi connectivity index (χ3v) is 3.91. The molecule has 1 aromatic rings. The van der Waals surface area contributed by atoms with Gasteiger partial charge in [-0.15, -0.1) is 0 Å². The Labute approximate surface area is 119 Å². The molecular formula is C13H21N3O3S. The third-order valence-electron chi connectivity index (χ3n) is 2.58. The second-order valence-electron chi connectivity index (χ2n) is 5.10. The normalized spacial score (nSPS) is 12.2.